The summed E-state index contributed by atoms with van der Waals surface area (Å²) in [7, 11) is 3.31. The zero-order chi connectivity index (χ0) is 18.0. The fourth-order valence-electron chi connectivity index (χ4n) is 3.62. The van der Waals surface area contributed by atoms with Crippen molar-refractivity contribution in [2.24, 2.45) is 11.8 Å². The van der Waals surface area contributed by atoms with Gasteiger partial charge in [0, 0.05) is 23.9 Å². The Hall–Kier alpha value is -2.33. The van der Waals surface area contributed by atoms with Crippen LogP contribution in [0, 0.1) is 11.8 Å². The Kier molecular flexibility index (Phi) is 5.09. The van der Waals surface area contributed by atoms with E-state index in [-0.39, 0.29) is 23.9 Å². The highest BCUT2D eigenvalue weighted by molar-refractivity contribution is 5.85. The van der Waals surface area contributed by atoms with E-state index in [1.165, 1.54) is 0 Å². The van der Waals surface area contributed by atoms with Crippen LogP contribution in [0.5, 0.6) is 11.5 Å². The van der Waals surface area contributed by atoms with E-state index in [1.54, 1.807) is 14.2 Å². The molecule has 1 aliphatic rings. The van der Waals surface area contributed by atoms with Crippen LogP contribution < -0.4 is 14.8 Å². The van der Waals surface area contributed by atoms with E-state index in [1.807, 2.05) is 62.4 Å². The van der Waals surface area contributed by atoms with E-state index in [4.69, 9.17) is 9.47 Å². The minimum absolute atomic E-state index is 0.0123. The van der Waals surface area contributed by atoms with Crippen LogP contribution in [0.3, 0.4) is 0 Å². The Morgan fingerprint density at radius 2 is 1.08 bits per heavy atom. The molecule has 1 saturated heterocycles. The van der Waals surface area contributed by atoms with Crippen molar-refractivity contribution in [3.63, 3.8) is 0 Å². The third kappa shape index (κ3) is 3.40. The van der Waals surface area contributed by atoms with Gasteiger partial charge >= 0.3 is 0 Å². The van der Waals surface area contributed by atoms with Crippen LogP contribution >= 0.6 is 0 Å². The topological polar surface area (TPSA) is 47.6 Å². The maximum absolute atomic E-state index is 12.8. The van der Waals surface area contributed by atoms with Gasteiger partial charge in [0.2, 0.25) is 0 Å². The normalized spacial score (nSPS) is 26.3. The van der Waals surface area contributed by atoms with E-state index in [2.05, 4.69) is 5.32 Å². The fourth-order valence-corrected chi connectivity index (χ4v) is 3.62. The zero-order valence-electron chi connectivity index (χ0n) is 15.2. The Morgan fingerprint density at radius 3 is 1.40 bits per heavy atom. The molecule has 0 spiro atoms. The van der Waals surface area contributed by atoms with Gasteiger partial charge in [0.05, 0.1) is 14.2 Å². The number of ether oxygens (including phenoxy) is 2. The average molecular weight is 339 g/mol. The van der Waals surface area contributed by atoms with Crippen molar-refractivity contribution in [2.75, 3.05) is 14.2 Å². The lowest BCUT2D eigenvalue weighted by molar-refractivity contribution is -0.130. The number of nitrogens with one attached hydrogen (secondary N) is 1. The van der Waals surface area contributed by atoms with Crippen LogP contribution in [0.15, 0.2) is 48.5 Å². The third-order valence-electron chi connectivity index (χ3n) is 5.21. The van der Waals surface area contributed by atoms with Crippen LogP contribution in [-0.2, 0) is 4.79 Å². The summed E-state index contributed by atoms with van der Waals surface area (Å²) in [6.07, 6.45) is 0. The summed E-state index contributed by atoms with van der Waals surface area (Å²) in [4.78, 5) is 12.8. The minimum Gasteiger partial charge on any atom is -0.497 e. The molecule has 0 amide bonds. The molecule has 0 aromatic heterocycles. The molecule has 25 heavy (non-hydrogen) atoms. The van der Waals surface area contributed by atoms with Gasteiger partial charge in [0.1, 0.15) is 17.3 Å². The lowest BCUT2D eigenvalue weighted by atomic mass is 9.76. The fraction of sp³-hybridized carbons (Fsp3) is 0.381. The molecule has 0 aliphatic carbocycles. The molecule has 0 radical (unpaired) electrons. The van der Waals surface area contributed by atoms with Gasteiger partial charge in [-0.15, -0.1) is 0 Å². The second-order valence-electron chi connectivity index (χ2n) is 6.65. The number of piperidine rings is 1. The van der Waals surface area contributed by atoms with Crippen molar-refractivity contribution in [3.05, 3.63) is 59.7 Å². The Labute approximate surface area is 149 Å². The monoisotopic (exact) mass is 339 g/mol. The number of carbonyl (C=O) groups excluding carboxylic acids is 1. The highest BCUT2D eigenvalue weighted by atomic mass is 16.5. The molecular formula is C21H25NO3. The second kappa shape index (κ2) is 7.28. The zero-order valence-corrected chi connectivity index (χ0v) is 15.2. The summed E-state index contributed by atoms with van der Waals surface area (Å²) in [6, 6.07) is 15.8. The number of Topliss-reactive ketones (excluding diaryl/α,β-unsaturated/α-hetero) is 1. The first-order chi connectivity index (χ1) is 12.0. The van der Waals surface area contributed by atoms with E-state index >= 15 is 0 Å². The van der Waals surface area contributed by atoms with Gasteiger partial charge in [-0.3, -0.25) is 4.79 Å². The first-order valence-corrected chi connectivity index (χ1v) is 8.63. The summed E-state index contributed by atoms with van der Waals surface area (Å²) < 4.78 is 10.5. The van der Waals surface area contributed by atoms with Crippen molar-refractivity contribution in [3.8, 4) is 11.5 Å². The lowest BCUT2D eigenvalue weighted by Crippen LogP contribution is -2.46. The largest absolute Gasteiger partial charge is 0.497 e. The Balaban J connectivity index is 1.89. The summed E-state index contributed by atoms with van der Waals surface area (Å²) in [5, 5.41) is 3.69. The summed E-state index contributed by atoms with van der Waals surface area (Å²) in [6.45, 7) is 4.01. The summed E-state index contributed by atoms with van der Waals surface area (Å²) >= 11 is 0. The highest BCUT2D eigenvalue weighted by Crippen LogP contribution is 2.38. The first-order valence-electron chi connectivity index (χ1n) is 8.63. The molecule has 2 aromatic rings. The molecule has 2 aromatic carbocycles. The molecule has 4 atom stereocenters. The lowest BCUT2D eigenvalue weighted by Gasteiger charge is -2.39. The van der Waals surface area contributed by atoms with Gasteiger partial charge in [-0.05, 0) is 35.4 Å². The molecule has 4 nitrogen and oxygen atoms in total. The quantitative estimate of drug-likeness (QED) is 0.917. The van der Waals surface area contributed by atoms with E-state index in [0.29, 0.717) is 5.78 Å². The van der Waals surface area contributed by atoms with Crippen molar-refractivity contribution in [2.45, 2.75) is 25.9 Å². The average Bonchev–Trinajstić information content (AvgIpc) is 2.67. The predicted molar refractivity (Wildman–Crippen MR) is 97.9 cm³/mol. The molecule has 1 fully saturated rings. The van der Waals surface area contributed by atoms with Gasteiger partial charge < -0.3 is 14.8 Å². The van der Waals surface area contributed by atoms with Gasteiger partial charge in [-0.25, -0.2) is 0 Å². The smallest absolute Gasteiger partial charge is 0.142 e. The van der Waals surface area contributed by atoms with Gasteiger partial charge in [0.25, 0.3) is 0 Å². The molecule has 0 unspecified atom stereocenters. The van der Waals surface area contributed by atoms with Crippen molar-refractivity contribution in [1.82, 2.24) is 5.32 Å². The van der Waals surface area contributed by atoms with Gasteiger partial charge in [-0.2, -0.15) is 0 Å². The van der Waals surface area contributed by atoms with Crippen molar-refractivity contribution in [1.29, 1.82) is 0 Å². The van der Waals surface area contributed by atoms with E-state index < -0.39 is 0 Å². The standard InChI is InChI=1S/C21H25NO3/c1-13-19(15-5-9-17(24-3)10-6-15)22-20(14(2)21(13)23)16-7-11-18(25-4)12-8-16/h5-14,19-20,22H,1-4H3/t13-,14-,19-,20-/m1/s1. The van der Waals surface area contributed by atoms with Crippen molar-refractivity contribution < 1.29 is 14.3 Å². The minimum atomic E-state index is -0.0714. The van der Waals surface area contributed by atoms with Crippen LogP contribution in [-0.4, -0.2) is 20.0 Å². The predicted octanol–water partition coefficient (Wildman–Crippen LogP) is 3.93. The number of benzene rings is 2. The van der Waals surface area contributed by atoms with Crippen LogP contribution in [0.2, 0.25) is 0 Å². The molecule has 1 aliphatic heterocycles. The van der Waals surface area contributed by atoms with Gasteiger partial charge in [-0.1, -0.05) is 38.1 Å². The number of rotatable bonds is 4. The Bertz CT molecular complexity index is 662. The van der Waals surface area contributed by atoms with Gasteiger partial charge in [0.15, 0.2) is 0 Å². The SMILES string of the molecule is COc1ccc([C@@H]2N[C@@H](c3ccc(OC)cc3)[C@@H](C)C(=O)[C@@H]2C)cc1. The maximum atomic E-state index is 12.8. The molecule has 132 valence electrons. The number of carbonyl (C=O) groups is 1. The molecule has 1 N–H and O–H groups in total. The number of methoxy groups -OCH3 is 2. The van der Waals surface area contributed by atoms with Crippen LogP contribution in [0.1, 0.15) is 37.1 Å². The maximum Gasteiger partial charge on any atom is 0.142 e. The molecule has 0 saturated carbocycles. The summed E-state index contributed by atoms with van der Waals surface area (Å²) in [5.74, 6) is 1.79. The van der Waals surface area contributed by atoms with Crippen LogP contribution in [0.4, 0.5) is 0 Å². The molecule has 4 heteroatoms. The van der Waals surface area contributed by atoms with Crippen LogP contribution in [0.25, 0.3) is 0 Å². The van der Waals surface area contributed by atoms with Crippen molar-refractivity contribution >= 4 is 5.78 Å². The number of hydrogen-bond acceptors (Lipinski definition) is 4. The third-order valence-corrected chi connectivity index (χ3v) is 5.21. The Morgan fingerprint density at radius 1 is 0.720 bits per heavy atom. The molecular weight excluding hydrogens is 314 g/mol. The molecule has 1 heterocycles. The number of ketones is 1. The summed E-state index contributed by atoms with van der Waals surface area (Å²) in [5.41, 5.74) is 2.21. The second-order valence-corrected chi connectivity index (χ2v) is 6.65. The van der Waals surface area contributed by atoms with E-state index in [9.17, 15) is 4.79 Å². The van der Waals surface area contributed by atoms with E-state index in [0.717, 1.165) is 22.6 Å². The number of hydrogen-bond donors (Lipinski definition) is 1. The highest BCUT2D eigenvalue weighted by Gasteiger charge is 2.40. The first kappa shape index (κ1) is 17.5. The molecule has 3 rings (SSSR count). The molecule has 0 bridgehead atoms.